The van der Waals surface area contributed by atoms with Crippen LogP contribution in [-0.2, 0) is 26.0 Å². The van der Waals surface area contributed by atoms with E-state index in [9.17, 15) is 18.0 Å². The Morgan fingerprint density at radius 2 is 2.10 bits per heavy atom. The minimum atomic E-state index is -4.10. The van der Waals surface area contributed by atoms with Crippen molar-refractivity contribution in [3.05, 3.63) is 17.6 Å². The number of carbonyl (C=O) groups excluding carboxylic acids is 1. The highest BCUT2D eigenvalue weighted by atomic mass is 32.2. The van der Waals surface area contributed by atoms with E-state index in [2.05, 4.69) is 4.74 Å². The smallest absolute Gasteiger partial charge is 0.373 e. The third-order valence-electron chi connectivity index (χ3n) is 2.47. The zero-order valence-corrected chi connectivity index (χ0v) is 12.0. The quantitative estimate of drug-likeness (QED) is 0.728. The number of carboxylic acid groups (broad SMARTS) is 1. The molecule has 1 aromatic rings. The topological polar surface area (TPSA) is 123 Å². The van der Waals surface area contributed by atoms with Gasteiger partial charge >= 0.3 is 11.9 Å². The Bertz CT molecular complexity index is 617. The molecule has 0 saturated carbocycles. The molecule has 1 atom stereocenters. The Kier molecular flexibility index (Phi) is 4.90. The third-order valence-corrected chi connectivity index (χ3v) is 4.06. The van der Waals surface area contributed by atoms with E-state index in [0.717, 1.165) is 13.2 Å². The minimum absolute atomic E-state index is 0.0514. The Morgan fingerprint density at radius 1 is 1.50 bits per heavy atom. The SMILES string of the molecule is CCc1oc(C(=O)OC)cc1S(=O)(=O)N[C@@H](C)C(=O)O. The lowest BCUT2D eigenvalue weighted by Crippen LogP contribution is -2.38. The standard InChI is InChI=1S/C11H15NO7S/c1-4-7-9(5-8(19-7)11(15)18-3)20(16,17)12-6(2)10(13)14/h5-6,12H,4H2,1-3H3,(H,13,14)/t6-/m0/s1. The third kappa shape index (κ3) is 3.36. The van der Waals surface area contributed by atoms with Gasteiger partial charge < -0.3 is 14.3 Å². The first-order valence-electron chi connectivity index (χ1n) is 5.69. The fourth-order valence-corrected chi connectivity index (χ4v) is 2.87. The number of aryl methyl sites for hydroxylation is 1. The van der Waals surface area contributed by atoms with E-state index in [1.807, 2.05) is 4.72 Å². The molecule has 112 valence electrons. The Morgan fingerprint density at radius 3 is 2.55 bits per heavy atom. The number of ether oxygens (including phenoxy) is 1. The molecule has 0 aliphatic rings. The normalized spacial score (nSPS) is 12.9. The van der Waals surface area contributed by atoms with Crippen molar-refractivity contribution in [2.24, 2.45) is 0 Å². The molecular formula is C11H15NO7S. The van der Waals surface area contributed by atoms with Crippen LogP contribution in [-0.4, -0.2) is 38.6 Å². The molecule has 0 unspecified atom stereocenters. The summed E-state index contributed by atoms with van der Waals surface area (Å²) in [6.45, 7) is 2.83. The van der Waals surface area contributed by atoms with E-state index >= 15 is 0 Å². The molecule has 0 bridgehead atoms. The summed E-state index contributed by atoms with van der Waals surface area (Å²) in [4.78, 5) is 21.8. The molecule has 2 N–H and O–H groups in total. The first-order valence-corrected chi connectivity index (χ1v) is 7.17. The number of hydrogen-bond donors (Lipinski definition) is 2. The van der Waals surface area contributed by atoms with E-state index in [1.54, 1.807) is 6.92 Å². The average molecular weight is 305 g/mol. The number of nitrogens with one attached hydrogen (secondary N) is 1. The summed E-state index contributed by atoms with van der Waals surface area (Å²) in [5, 5.41) is 8.73. The molecule has 0 radical (unpaired) electrons. The number of furan rings is 1. The van der Waals surface area contributed by atoms with Crippen molar-refractivity contribution < 1.29 is 32.3 Å². The lowest BCUT2D eigenvalue weighted by molar-refractivity contribution is -0.138. The molecule has 1 aromatic heterocycles. The number of carbonyl (C=O) groups is 2. The predicted molar refractivity (Wildman–Crippen MR) is 66.8 cm³/mol. The van der Waals surface area contributed by atoms with Crippen molar-refractivity contribution in [2.75, 3.05) is 7.11 Å². The van der Waals surface area contributed by atoms with Crippen molar-refractivity contribution >= 4 is 22.0 Å². The molecule has 20 heavy (non-hydrogen) atoms. The monoisotopic (exact) mass is 305 g/mol. The van der Waals surface area contributed by atoms with Crippen LogP contribution in [0.5, 0.6) is 0 Å². The maximum atomic E-state index is 12.1. The van der Waals surface area contributed by atoms with Gasteiger partial charge in [0.25, 0.3) is 0 Å². The molecule has 1 rings (SSSR count). The van der Waals surface area contributed by atoms with Gasteiger partial charge in [0.2, 0.25) is 15.8 Å². The molecule has 0 fully saturated rings. The summed E-state index contributed by atoms with van der Waals surface area (Å²) in [6, 6.07) is -0.289. The largest absolute Gasteiger partial charge is 0.480 e. The summed E-state index contributed by atoms with van der Waals surface area (Å²) in [5.74, 6) is -2.33. The molecule has 9 heteroatoms. The molecule has 0 aliphatic heterocycles. The van der Waals surface area contributed by atoms with E-state index in [4.69, 9.17) is 9.52 Å². The zero-order valence-electron chi connectivity index (χ0n) is 11.2. The van der Waals surface area contributed by atoms with E-state index in [1.165, 1.54) is 6.92 Å². The fourth-order valence-electron chi connectivity index (χ4n) is 1.43. The van der Waals surface area contributed by atoms with Gasteiger partial charge in [-0.15, -0.1) is 0 Å². The van der Waals surface area contributed by atoms with Crippen LogP contribution in [0, 0.1) is 0 Å². The first-order chi connectivity index (χ1) is 9.22. The Hall–Kier alpha value is -1.87. The second-order valence-corrected chi connectivity index (χ2v) is 5.61. The van der Waals surface area contributed by atoms with Crippen LogP contribution < -0.4 is 4.72 Å². The molecule has 1 heterocycles. The van der Waals surface area contributed by atoms with Gasteiger partial charge in [0.05, 0.1) is 7.11 Å². The summed E-state index contributed by atoms with van der Waals surface area (Å²) >= 11 is 0. The molecule has 0 spiro atoms. The lowest BCUT2D eigenvalue weighted by Gasteiger charge is -2.09. The number of aliphatic carboxylic acids is 1. The van der Waals surface area contributed by atoms with Gasteiger partial charge in [0, 0.05) is 12.5 Å². The van der Waals surface area contributed by atoms with Crippen LogP contribution in [0.2, 0.25) is 0 Å². The van der Waals surface area contributed by atoms with E-state index in [-0.39, 0.29) is 22.8 Å². The maximum absolute atomic E-state index is 12.1. The van der Waals surface area contributed by atoms with Crippen molar-refractivity contribution in [3.63, 3.8) is 0 Å². The van der Waals surface area contributed by atoms with Crippen LogP contribution in [0.15, 0.2) is 15.4 Å². The highest BCUT2D eigenvalue weighted by Crippen LogP contribution is 2.22. The molecule has 0 aliphatic carbocycles. The predicted octanol–water partition coefficient (Wildman–Crippen LogP) is 0.380. The summed E-state index contributed by atoms with van der Waals surface area (Å²) in [7, 11) is -2.97. The summed E-state index contributed by atoms with van der Waals surface area (Å²) < 4.78 is 35.6. The highest BCUT2D eigenvalue weighted by molar-refractivity contribution is 7.89. The van der Waals surface area contributed by atoms with Crippen LogP contribution >= 0.6 is 0 Å². The van der Waals surface area contributed by atoms with Gasteiger partial charge in [-0.2, -0.15) is 4.72 Å². The second kappa shape index (κ2) is 6.06. The first kappa shape index (κ1) is 16.2. The highest BCUT2D eigenvalue weighted by Gasteiger charge is 2.28. The number of carboxylic acids is 1. The van der Waals surface area contributed by atoms with Crippen LogP contribution in [0.25, 0.3) is 0 Å². The summed E-state index contributed by atoms with van der Waals surface area (Å²) in [6.07, 6.45) is 0.217. The van der Waals surface area contributed by atoms with Crippen molar-refractivity contribution in [3.8, 4) is 0 Å². The molecule has 0 amide bonds. The average Bonchev–Trinajstić information content (AvgIpc) is 2.82. The Balaban J connectivity index is 3.20. The van der Waals surface area contributed by atoms with Gasteiger partial charge in [-0.05, 0) is 6.92 Å². The number of rotatable bonds is 6. The van der Waals surface area contributed by atoms with Gasteiger partial charge in [-0.25, -0.2) is 13.2 Å². The molecule has 8 nitrogen and oxygen atoms in total. The lowest BCUT2D eigenvalue weighted by atomic mass is 10.3. The fraction of sp³-hybridized carbons (Fsp3) is 0.455. The number of hydrogen-bond acceptors (Lipinski definition) is 6. The van der Waals surface area contributed by atoms with Crippen LogP contribution in [0.1, 0.15) is 30.2 Å². The summed E-state index contributed by atoms with van der Waals surface area (Å²) in [5.41, 5.74) is 0. The van der Waals surface area contributed by atoms with Crippen molar-refractivity contribution in [1.82, 2.24) is 4.72 Å². The van der Waals surface area contributed by atoms with Crippen molar-refractivity contribution in [2.45, 2.75) is 31.2 Å². The van der Waals surface area contributed by atoms with Gasteiger partial charge in [0.15, 0.2) is 0 Å². The number of sulfonamides is 1. The van der Waals surface area contributed by atoms with Crippen molar-refractivity contribution in [1.29, 1.82) is 0 Å². The van der Waals surface area contributed by atoms with E-state index in [0.29, 0.717) is 0 Å². The maximum Gasteiger partial charge on any atom is 0.373 e. The van der Waals surface area contributed by atoms with Gasteiger partial charge in [-0.1, -0.05) is 6.92 Å². The number of methoxy groups -OCH3 is 1. The second-order valence-electron chi connectivity index (χ2n) is 3.92. The molecule has 0 saturated heterocycles. The number of esters is 1. The molecule has 0 aromatic carbocycles. The molecular weight excluding hydrogens is 290 g/mol. The Labute approximate surface area is 115 Å². The van der Waals surface area contributed by atoms with Gasteiger partial charge in [0.1, 0.15) is 16.7 Å². The van der Waals surface area contributed by atoms with E-state index < -0.39 is 28.0 Å². The van der Waals surface area contributed by atoms with Crippen LogP contribution in [0.4, 0.5) is 0 Å². The minimum Gasteiger partial charge on any atom is -0.480 e. The zero-order chi connectivity index (χ0) is 15.5. The van der Waals surface area contributed by atoms with Gasteiger partial charge in [-0.3, -0.25) is 4.79 Å². The van der Waals surface area contributed by atoms with Crippen LogP contribution in [0.3, 0.4) is 0 Å².